The number of hydrogen-bond acceptors (Lipinski definition) is 3. The van der Waals surface area contributed by atoms with E-state index in [0.717, 1.165) is 4.47 Å². The van der Waals surface area contributed by atoms with Crippen molar-refractivity contribution in [3.05, 3.63) is 62.6 Å². The lowest BCUT2D eigenvalue weighted by molar-refractivity contribution is -0.385. The number of ether oxygens (including phenoxy) is 1. The van der Waals surface area contributed by atoms with E-state index in [1.54, 1.807) is 36.4 Å². The Bertz CT molecular complexity index is 601. The average molecular weight is 343 g/mol. The van der Waals surface area contributed by atoms with Crippen LogP contribution in [-0.4, -0.2) is 4.92 Å². The Morgan fingerprint density at radius 2 is 1.89 bits per heavy atom. The maximum Gasteiger partial charge on any atom is 0.311 e. The van der Waals surface area contributed by atoms with Crippen LogP contribution in [0.4, 0.5) is 5.69 Å². The lowest BCUT2D eigenvalue weighted by atomic mass is 10.2. The Kier molecular flexibility index (Phi) is 4.39. The molecule has 0 aromatic heterocycles. The van der Waals surface area contributed by atoms with Gasteiger partial charge in [0.25, 0.3) is 0 Å². The van der Waals surface area contributed by atoms with Gasteiger partial charge in [0, 0.05) is 16.4 Å². The molecule has 0 aliphatic carbocycles. The second kappa shape index (κ2) is 6.04. The van der Waals surface area contributed by atoms with E-state index in [0.29, 0.717) is 11.3 Å². The predicted octanol–water partition coefficient (Wildman–Crippen LogP) is 4.89. The Labute approximate surface area is 123 Å². The number of hydrogen-bond donors (Lipinski definition) is 0. The highest BCUT2D eigenvalue weighted by atomic mass is 79.9. The molecule has 0 radical (unpaired) electrons. The average Bonchev–Trinajstić information content (AvgIpc) is 2.41. The van der Waals surface area contributed by atoms with Crippen molar-refractivity contribution >= 4 is 33.2 Å². The zero-order valence-corrected chi connectivity index (χ0v) is 12.0. The highest BCUT2D eigenvalue weighted by Crippen LogP contribution is 2.32. The standard InChI is InChI=1S/C13H9BrClNO3/c14-10-2-4-11(5-3-10)19-13-6-1-9(8-15)7-12(13)16(17)18/h1-7H,8H2. The monoisotopic (exact) mass is 341 g/mol. The van der Waals surface area contributed by atoms with Gasteiger partial charge in [-0.1, -0.05) is 22.0 Å². The van der Waals surface area contributed by atoms with Crippen LogP contribution in [0.3, 0.4) is 0 Å². The number of halogens is 2. The number of nitro groups is 1. The Balaban J connectivity index is 2.33. The highest BCUT2D eigenvalue weighted by molar-refractivity contribution is 9.10. The third-order valence-corrected chi connectivity index (χ3v) is 3.25. The number of rotatable bonds is 4. The molecule has 0 aliphatic heterocycles. The molecular weight excluding hydrogens is 334 g/mol. The highest BCUT2D eigenvalue weighted by Gasteiger charge is 2.16. The Hall–Kier alpha value is -1.59. The van der Waals surface area contributed by atoms with E-state index in [2.05, 4.69) is 15.9 Å². The van der Waals surface area contributed by atoms with Crippen LogP contribution in [0.1, 0.15) is 5.56 Å². The molecule has 0 atom stereocenters. The van der Waals surface area contributed by atoms with E-state index < -0.39 is 4.92 Å². The van der Waals surface area contributed by atoms with Crippen molar-refractivity contribution in [3.8, 4) is 11.5 Å². The number of benzene rings is 2. The van der Waals surface area contributed by atoms with Crippen molar-refractivity contribution in [3.63, 3.8) is 0 Å². The third-order valence-electron chi connectivity index (χ3n) is 2.42. The van der Waals surface area contributed by atoms with Crippen molar-refractivity contribution in [1.82, 2.24) is 0 Å². The summed E-state index contributed by atoms with van der Waals surface area (Å²) in [5, 5.41) is 11.0. The second-order valence-corrected chi connectivity index (χ2v) is 4.93. The molecule has 0 N–H and O–H groups in total. The van der Waals surface area contributed by atoms with Crippen LogP contribution in [0.2, 0.25) is 0 Å². The minimum absolute atomic E-state index is 0.0962. The summed E-state index contributed by atoms with van der Waals surface area (Å²) in [5.41, 5.74) is 0.581. The van der Waals surface area contributed by atoms with Gasteiger partial charge in [-0.3, -0.25) is 10.1 Å². The lowest BCUT2D eigenvalue weighted by Gasteiger charge is -2.07. The van der Waals surface area contributed by atoms with Gasteiger partial charge in [0.2, 0.25) is 5.75 Å². The van der Waals surface area contributed by atoms with Crippen molar-refractivity contribution in [1.29, 1.82) is 0 Å². The van der Waals surface area contributed by atoms with Gasteiger partial charge >= 0.3 is 5.69 Å². The van der Waals surface area contributed by atoms with Gasteiger partial charge in [0.15, 0.2) is 0 Å². The minimum Gasteiger partial charge on any atom is -0.450 e. The quantitative estimate of drug-likeness (QED) is 0.451. The number of nitro benzene ring substituents is 1. The Morgan fingerprint density at radius 1 is 1.21 bits per heavy atom. The summed E-state index contributed by atoms with van der Waals surface area (Å²) in [4.78, 5) is 10.5. The van der Waals surface area contributed by atoms with Gasteiger partial charge in [-0.05, 0) is 35.9 Å². The maximum atomic E-state index is 11.0. The fraction of sp³-hybridized carbons (Fsp3) is 0.0769. The molecule has 4 nitrogen and oxygen atoms in total. The van der Waals surface area contributed by atoms with Crippen molar-refractivity contribution in [2.45, 2.75) is 5.88 Å². The van der Waals surface area contributed by atoms with Gasteiger partial charge in [-0.25, -0.2) is 0 Å². The first kappa shape index (κ1) is 13.8. The zero-order chi connectivity index (χ0) is 13.8. The van der Waals surface area contributed by atoms with Gasteiger partial charge in [-0.15, -0.1) is 11.6 Å². The third kappa shape index (κ3) is 3.45. The topological polar surface area (TPSA) is 52.4 Å². The molecule has 0 saturated carbocycles. The molecular formula is C13H9BrClNO3. The molecule has 19 heavy (non-hydrogen) atoms. The van der Waals surface area contributed by atoms with E-state index >= 15 is 0 Å². The second-order valence-electron chi connectivity index (χ2n) is 3.75. The van der Waals surface area contributed by atoms with Gasteiger partial charge in [0.05, 0.1) is 4.92 Å². The molecule has 0 spiro atoms. The maximum absolute atomic E-state index is 11.0. The fourth-order valence-corrected chi connectivity index (χ4v) is 1.94. The lowest BCUT2D eigenvalue weighted by Crippen LogP contribution is -1.94. The number of nitrogens with zero attached hydrogens (tertiary/aromatic N) is 1. The normalized spacial score (nSPS) is 10.2. The molecule has 0 fully saturated rings. The summed E-state index contributed by atoms with van der Waals surface area (Å²) in [7, 11) is 0. The van der Waals surface area contributed by atoms with E-state index in [1.807, 2.05) is 0 Å². The molecule has 0 amide bonds. The van der Waals surface area contributed by atoms with Crippen molar-refractivity contribution in [2.75, 3.05) is 0 Å². The number of alkyl halides is 1. The van der Waals surface area contributed by atoms with Crippen LogP contribution >= 0.6 is 27.5 Å². The van der Waals surface area contributed by atoms with Gasteiger partial charge in [0.1, 0.15) is 5.75 Å². The van der Waals surface area contributed by atoms with Crippen LogP contribution in [0, 0.1) is 10.1 Å². The molecule has 0 saturated heterocycles. The molecule has 2 aromatic rings. The van der Waals surface area contributed by atoms with Gasteiger partial charge in [-0.2, -0.15) is 0 Å². The minimum atomic E-state index is -0.482. The molecule has 6 heteroatoms. The summed E-state index contributed by atoms with van der Waals surface area (Å²) in [6, 6.07) is 11.7. The SMILES string of the molecule is O=[N+]([O-])c1cc(CCl)ccc1Oc1ccc(Br)cc1. The summed E-state index contributed by atoms with van der Waals surface area (Å²) < 4.78 is 6.43. The van der Waals surface area contributed by atoms with Gasteiger partial charge < -0.3 is 4.74 Å². The summed E-state index contributed by atoms with van der Waals surface area (Å²) in [6.45, 7) is 0. The van der Waals surface area contributed by atoms with E-state index in [9.17, 15) is 10.1 Å². The van der Waals surface area contributed by atoms with Crippen LogP contribution < -0.4 is 4.74 Å². The zero-order valence-electron chi connectivity index (χ0n) is 9.68. The fourth-order valence-electron chi connectivity index (χ4n) is 1.50. The smallest absolute Gasteiger partial charge is 0.311 e. The summed E-state index contributed by atoms with van der Waals surface area (Å²) in [6.07, 6.45) is 0. The molecule has 2 aromatic carbocycles. The first-order valence-electron chi connectivity index (χ1n) is 5.37. The van der Waals surface area contributed by atoms with Crippen LogP contribution in [0.25, 0.3) is 0 Å². The molecule has 0 aliphatic rings. The summed E-state index contributed by atoms with van der Waals surface area (Å²) >= 11 is 8.97. The van der Waals surface area contributed by atoms with E-state index in [-0.39, 0.29) is 17.3 Å². The molecule has 98 valence electrons. The van der Waals surface area contributed by atoms with Crippen LogP contribution in [-0.2, 0) is 5.88 Å². The molecule has 0 heterocycles. The van der Waals surface area contributed by atoms with E-state index in [1.165, 1.54) is 6.07 Å². The molecule has 0 unspecified atom stereocenters. The van der Waals surface area contributed by atoms with Crippen molar-refractivity contribution < 1.29 is 9.66 Å². The Morgan fingerprint density at radius 3 is 2.47 bits per heavy atom. The molecule has 0 bridgehead atoms. The van der Waals surface area contributed by atoms with Crippen LogP contribution in [0.15, 0.2) is 46.9 Å². The first-order chi connectivity index (χ1) is 9.10. The first-order valence-corrected chi connectivity index (χ1v) is 6.69. The predicted molar refractivity (Wildman–Crippen MR) is 76.9 cm³/mol. The van der Waals surface area contributed by atoms with Crippen LogP contribution in [0.5, 0.6) is 11.5 Å². The van der Waals surface area contributed by atoms with E-state index in [4.69, 9.17) is 16.3 Å². The summed E-state index contributed by atoms with van der Waals surface area (Å²) in [5.74, 6) is 0.950. The molecule has 2 rings (SSSR count). The largest absolute Gasteiger partial charge is 0.450 e. The van der Waals surface area contributed by atoms with Crippen molar-refractivity contribution in [2.24, 2.45) is 0 Å².